The summed E-state index contributed by atoms with van der Waals surface area (Å²) < 4.78 is 6.67. The summed E-state index contributed by atoms with van der Waals surface area (Å²) >= 11 is 6.00. The highest BCUT2D eigenvalue weighted by Crippen LogP contribution is 2.24. The fourth-order valence-corrected chi connectivity index (χ4v) is 2.76. The first kappa shape index (κ1) is 20.7. The lowest BCUT2D eigenvalue weighted by molar-refractivity contribution is -0.386. The number of methoxy groups -OCH3 is 1. The first-order valence-electron chi connectivity index (χ1n) is 8.21. The first-order valence-corrected chi connectivity index (χ1v) is 8.59. The molecule has 30 heavy (non-hydrogen) atoms. The lowest BCUT2D eigenvalue weighted by Gasteiger charge is -2.12. The average molecular weight is 433 g/mol. The zero-order valence-electron chi connectivity index (χ0n) is 15.3. The molecule has 0 aliphatic heterocycles. The number of halogens is 1. The van der Waals surface area contributed by atoms with Gasteiger partial charge in [0.1, 0.15) is 19.2 Å². The molecule has 0 aliphatic rings. The van der Waals surface area contributed by atoms with Crippen LogP contribution in [0.25, 0.3) is 5.69 Å². The maximum Gasteiger partial charge on any atom is 0.339 e. The monoisotopic (exact) mass is 432 g/mol. The summed E-state index contributed by atoms with van der Waals surface area (Å²) in [6.45, 7) is -0.603. The summed E-state index contributed by atoms with van der Waals surface area (Å²) in [6.07, 6.45) is 3.72. The number of hydrogen-bond donors (Lipinski definition) is 1. The molecule has 0 bridgehead atoms. The maximum atomic E-state index is 12.6. The third-order valence-corrected chi connectivity index (χ3v) is 4.13. The third-order valence-electron chi connectivity index (χ3n) is 3.90. The zero-order chi connectivity index (χ0) is 21.8. The van der Waals surface area contributed by atoms with Gasteiger partial charge in [0.2, 0.25) is 5.91 Å². The van der Waals surface area contributed by atoms with Gasteiger partial charge in [-0.25, -0.2) is 14.5 Å². The highest BCUT2D eigenvalue weighted by Gasteiger charge is 2.21. The van der Waals surface area contributed by atoms with Crippen molar-refractivity contribution in [2.45, 2.75) is 6.54 Å². The number of carbonyl (C=O) groups excluding carboxylic acids is 2. The third kappa shape index (κ3) is 4.33. The number of esters is 1. The molecule has 1 amide bonds. The molecular weight excluding hydrogens is 420 g/mol. The number of benzene rings is 1. The van der Waals surface area contributed by atoms with Crippen molar-refractivity contribution in [3.05, 3.63) is 74.2 Å². The molecule has 1 N–H and O–H groups in total. The second kappa shape index (κ2) is 8.53. The number of carbonyl (C=O) groups is 2. The summed E-state index contributed by atoms with van der Waals surface area (Å²) in [6, 6.07) is 5.44. The van der Waals surface area contributed by atoms with E-state index >= 15 is 0 Å². The van der Waals surface area contributed by atoms with Gasteiger partial charge >= 0.3 is 17.2 Å². The van der Waals surface area contributed by atoms with E-state index in [-0.39, 0.29) is 11.3 Å². The summed E-state index contributed by atoms with van der Waals surface area (Å²) in [7, 11) is 1.08. The second-order valence-corrected chi connectivity index (χ2v) is 6.28. The van der Waals surface area contributed by atoms with Crippen LogP contribution < -0.4 is 10.9 Å². The molecule has 0 spiro atoms. The molecule has 154 valence electrons. The van der Waals surface area contributed by atoms with Crippen LogP contribution in [0, 0.1) is 10.1 Å². The smallest absolute Gasteiger partial charge is 0.339 e. The summed E-state index contributed by atoms with van der Waals surface area (Å²) in [5.41, 5.74) is -1.44. The van der Waals surface area contributed by atoms with Crippen LogP contribution in [-0.4, -0.2) is 43.2 Å². The molecule has 2 heterocycles. The van der Waals surface area contributed by atoms with Crippen molar-refractivity contribution in [1.29, 1.82) is 0 Å². The number of amides is 1. The standard InChI is InChI=1S/C17H13ClN6O6/c1-30-17(27)10-4-14(24(28)29)16(26)22(6-10)7-15(25)21-12-5-11(18)2-3-13(12)23-9-19-8-20-23/h2-6,8-9H,7H2,1H3,(H,21,25). The Morgan fingerprint density at radius 1 is 1.33 bits per heavy atom. The van der Waals surface area contributed by atoms with Gasteiger partial charge in [-0.1, -0.05) is 11.6 Å². The molecule has 0 fully saturated rings. The van der Waals surface area contributed by atoms with E-state index in [9.17, 15) is 24.5 Å². The number of rotatable bonds is 6. The number of nitrogens with one attached hydrogen (secondary N) is 1. The molecule has 0 radical (unpaired) electrons. The van der Waals surface area contributed by atoms with Gasteiger partial charge in [-0.15, -0.1) is 0 Å². The van der Waals surface area contributed by atoms with Crippen molar-refractivity contribution >= 4 is 34.9 Å². The Labute approximate surface area is 172 Å². The summed E-state index contributed by atoms with van der Waals surface area (Å²) in [4.78, 5) is 50.6. The highest BCUT2D eigenvalue weighted by molar-refractivity contribution is 6.31. The minimum Gasteiger partial charge on any atom is -0.465 e. The van der Waals surface area contributed by atoms with E-state index in [4.69, 9.17) is 11.6 Å². The van der Waals surface area contributed by atoms with Crippen LogP contribution in [-0.2, 0) is 16.1 Å². The predicted octanol–water partition coefficient (Wildman–Crippen LogP) is 1.42. The highest BCUT2D eigenvalue weighted by atomic mass is 35.5. The van der Waals surface area contributed by atoms with E-state index < -0.39 is 34.6 Å². The van der Waals surface area contributed by atoms with E-state index in [1.807, 2.05) is 0 Å². The molecule has 12 nitrogen and oxygen atoms in total. The number of ether oxygens (including phenoxy) is 1. The molecule has 0 saturated carbocycles. The van der Waals surface area contributed by atoms with E-state index in [1.54, 1.807) is 12.1 Å². The van der Waals surface area contributed by atoms with Crippen molar-refractivity contribution in [3.8, 4) is 5.69 Å². The van der Waals surface area contributed by atoms with Crippen molar-refractivity contribution in [1.82, 2.24) is 19.3 Å². The lowest BCUT2D eigenvalue weighted by atomic mass is 10.2. The van der Waals surface area contributed by atoms with Crippen LogP contribution in [0.3, 0.4) is 0 Å². The Balaban J connectivity index is 1.93. The van der Waals surface area contributed by atoms with Crippen LogP contribution >= 0.6 is 11.6 Å². The van der Waals surface area contributed by atoms with Gasteiger partial charge in [0.05, 0.1) is 29.0 Å². The summed E-state index contributed by atoms with van der Waals surface area (Å²) in [5, 5.41) is 18.0. The van der Waals surface area contributed by atoms with Gasteiger partial charge in [-0.3, -0.25) is 24.3 Å². The van der Waals surface area contributed by atoms with Crippen molar-refractivity contribution in [2.75, 3.05) is 12.4 Å². The van der Waals surface area contributed by atoms with Gasteiger partial charge in [-0.05, 0) is 18.2 Å². The van der Waals surface area contributed by atoms with Gasteiger partial charge in [-0.2, -0.15) is 5.10 Å². The Morgan fingerprint density at radius 2 is 2.10 bits per heavy atom. The molecule has 0 atom stereocenters. The molecule has 1 aromatic carbocycles. The minimum atomic E-state index is -1.05. The molecule has 0 saturated heterocycles. The minimum absolute atomic E-state index is 0.248. The molecular formula is C17H13ClN6O6. The van der Waals surface area contributed by atoms with Gasteiger partial charge in [0.15, 0.2) is 0 Å². The number of aromatic nitrogens is 4. The number of hydrogen-bond acceptors (Lipinski definition) is 8. The van der Waals surface area contributed by atoms with Crippen molar-refractivity contribution in [2.24, 2.45) is 0 Å². The van der Waals surface area contributed by atoms with Crippen molar-refractivity contribution in [3.63, 3.8) is 0 Å². The van der Waals surface area contributed by atoms with Crippen LogP contribution in [0.2, 0.25) is 5.02 Å². The number of pyridine rings is 1. The Morgan fingerprint density at radius 3 is 2.73 bits per heavy atom. The van der Waals surface area contributed by atoms with Crippen LogP contribution in [0.15, 0.2) is 47.9 Å². The Hall–Kier alpha value is -4.06. The summed E-state index contributed by atoms with van der Waals surface area (Å²) in [5.74, 6) is -1.59. The molecule has 0 unspecified atom stereocenters. The van der Waals surface area contributed by atoms with Crippen LogP contribution in [0.5, 0.6) is 0 Å². The normalized spacial score (nSPS) is 10.5. The van der Waals surface area contributed by atoms with Gasteiger partial charge in [0, 0.05) is 17.3 Å². The number of anilines is 1. The lowest BCUT2D eigenvalue weighted by Crippen LogP contribution is -2.30. The quantitative estimate of drug-likeness (QED) is 0.348. The molecule has 3 aromatic rings. The number of nitrogens with zero attached hydrogens (tertiary/aromatic N) is 5. The van der Waals surface area contributed by atoms with Crippen LogP contribution in [0.1, 0.15) is 10.4 Å². The van der Waals surface area contributed by atoms with Crippen LogP contribution in [0.4, 0.5) is 11.4 Å². The molecule has 3 rings (SSSR count). The zero-order valence-corrected chi connectivity index (χ0v) is 16.1. The number of nitro groups is 1. The maximum absolute atomic E-state index is 12.6. The van der Waals surface area contributed by atoms with E-state index in [2.05, 4.69) is 20.1 Å². The molecule has 0 aliphatic carbocycles. The van der Waals surface area contributed by atoms with E-state index in [1.165, 1.54) is 23.4 Å². The average Bonchev–Trinajstić information content (AvgIpc) is 3.23. The Bertz CT molecular complexity index is 1190. The SMILES string of the molecule is COC(=O)c1cc([N+](=O)[O-])c(=O)n(CC(=O)Nc2cc(Cl)ccc2-n2cncn2)c1. The van der Waals surface area contributed by atoms with E-state index in [0.717, 1.165) is 23.9 Å². The second-order valence-electron chi connectivity index (χ2n) is 5.85. The topological polar surface area (TPSA) is 151 Å². The predicted molar refractivity (Wildman–Crippen MR) is 104 cm³/mol. The van der Waals surface area contributed by atoms with Crippen molar-refractivity contribution < 1.29 is 19.2 Å². The van der Waals surface area contributed by atoms with E-state index in [0.29, 0.717) is 10.7 Å². The fraction of sp³-hybridized carbons (Fsp3) is 0.118. The van der Waals surface area contributed by atoms with Gasteiger partial charge in [0.25, 0.3) is 0 Å². The molecule has 2 aromatic heterocycles. The van der Waals surface area contributed by atoms with Gasteiger partial charge < -0.3 is 10.1 Å². The molecule has 13 heteroatoms. The Kier molecular flexibility index (Phi) is 5.88. The first-order chi connectivity index (χ1) is 14.3. The fourth-order valence-electron chi connectivity index (χ4n) is 2.58. The largest absolute Gasteiger partial charge is 0.465 e.